The number of aliphatic hydroxyl groups excluding tert-OH is 1. The van der Waals surface area contributed by atoms with E-state index in [4.69, 9.17) is 9.05 Å². The molecule has 3 unspecified atom stereocenters. The topological polar surface area (TPSA) is 105 Å². The maximum atomic E-state index is 13.0. The van der Waals surface area contributed by atoms with Crippen LogP contribution in [0.1, 0.15) is 277 Å². The minimum absolute atomic E-state index is 0.0491. The second kappa shape index (κ2) is 54.7. The monoisotopic (exact) mass is 1040 g/mol. The Morgan fingerprint density at radius 1 is 0.466 bits per heavy atom. The Morgan fingerprint density at radius 2 is 0.795 bits per heavy atom. The van der Waals surface area contributed by atoms with E-state index < -0.39 is 20.0 Å². The fourth-order valence-corrected chi connectivity index (χ4v) is 9.52. The van der Waals surface area contributed by atoms with Gasteiger partial charge in [0.2, 0.25) is 5.91 Å². The molecule has 0 aromatic rings. The standard InChI is InChI=1S/C64H119N2O6P/c1-6-8-10-12-14-16-18-20-22-24-26-28-30-31-32-33-34-36-37-39-41-43-45-47-49-51-53-55-57-63(67)62(61-72-73(69,70)71-60-59-66(3,4)5)65-64(68)58-56-54-52-50-48-46-44-42-40-38-35-29-27-25-23-21-19-17-15-13-11-9-7-2/h19,21,25,27,35,38-39,41,47,49,55,57,62-63,67H,6-18,20,22-24,26,28-34,36-37,40,42-46,48,50-54,56,58-61H2,1-5H3,(H-,65,68,69,70)/p+1/b21-19-,27-25-,38-35-,41-39+,49-47+,57-55+. The third-order valence-electron chi connectivity index (χ3n) is 13.6. The summed E-state index contributed by atoms with van der Waals surface area (Å²) >= 11 is 0. The van der Waals surface area contributed by atoms with E-state index in [0.29, 0.717) is 17.4 Å². The highest BCUT2D eigenvalue weighted by molar-refractivity contribution is 7.47. The Hall–Kier alpha value is -2.06. The van der Waals surface area contributed by atoms with Crippen LogP contribution >= 0.6 is 7.82 Å². The summed E-state index contributed by atoms with van der Waals surface area (Å²) in [5.74, 6) is -0.198. The molecule has 9 heteroatoms. The molecule has 0 bridgehead atoms. The summed E-state index contributed by atoms with van der Waals surface area (Å²) in [5.41, 5.74) is 0. The second-order valence-corrected chi connectivity index (χ2v) is 23.5. The normalized spacial score (nSPS) is 14.3. The number of carbonyl (C=O) groups excluding carboxylic acids is 1. The van der Waals surface area contributed by atoms with Gasteiger partial charge in [-0.2, -0.15) is 0 Å². The number of allylic oxidation sites excluding steroid dienone is 11. The van der Waals surface area contributed by atoms with Crippen LogP contribution in [-0.4, -0.2) is 73.4 Å². The van der Waals surface area contributed by atoms with Crippen molar-refractivity contribution in [3.05, 3.63) is 72.9 Å². The van der Waals surface area contributed by atoms with E-state index in [9.17, 15) is 19.4 Å². The van der Waals surface area contributed by atoms with Crippen molar-refractivity contribution in [1.82, 2.24) is 5.32 Å². The van der Waals surface area contributed by atoms with E-state index in [-0.39, 0.29) is 19.1 Å². The van der Waals surface area contributed by atoms with Crippen molar-refractivity contribution in [2.24, 2.45) is 0 Å². The van der Waals surface area contributed by atoms with E-state index in [1.54, 1.807) is 6.08 Å². The molecule has 0 aromatic carbocycles. The molecule has 426 valence electrons. The number of hydrogen-bond acceptors (Lipinski definition) is 5. The molecule has 8 nitrogen and oxygen atoms in total. The number of amides is 1. The van der Waals surface area contributed by atoms with Gasteiger partial charge in [-0.05, 0) is 83.5 Å². The van der Waals surface area contributed by atoms with E-state index in [0.717, 1.165) is 64.2 Å². The zero-order valence-electron chi connectivity index (χ0n) is 48.6. The highest BCUT2D eigenvalue weighted by atomic mass is 31.2. The maximum Gasteiger partial charge on any atom is 0.472 e. The number of unbranched alkanes of at least 4 members (excludes halogenated alkanes) is 33. The number of phosphoric ester groups is 1. The quantitative estimate of drug-likeness (QED) is 0.0243. The molecule has 0 radical (unpaired) electrons. The molecule has 73 heavy (non-hydrogen) atoms. The third-order valence-corrected chi connectivity index (χ3v) is 14.6. The zero-order chi connectivity index (χ0) is 53.5. The molecule has 0 fully saturated rings. The fourth-order valence-electron chi connectivity index (χ4n) is 8.79. The molecule has 0 aliphatic heterocycles. The van der Waals surface area contributed by atoms with Gasteiger partial charge in [-0.25, -0.2) is 4.57 Å². The van der Waals surface area contributed by atoms with Crippen LogP contribution in [0.15, 0.2) is 72.9 Å². The Balaban J connectivity index is 4.27. The van der Waals surface area contributed by atoms with Gasteiger partial charge in [-0.15, -0.1) is 0 Å². The lowest BCUT2D eigenvalue weighted by Gasteiger charge is -2.25. The Kier molecular flexibility index (Phi) is 53.2. The Bertz CT molecular complexity index is 1420. The summed E-state index contributed by atoms with van der Waals surface area (Å²) in [7, 11) is 1.54. The molecule has 0 aliphatic carbocycles. The summed E-state index contributed by atoms with van der Waals surface area (Å²) in [6.07, 6.45) is 75.9. The Morgan fingerprint density at radius 3 is 1.19 bits per heavy atom. The minimum Gasteiger partial charge on any atom is -0.387 e. The zero-order valence-corrected chi connectivity index (χ0v) is 49.5. The minimum atomic E-state index is -4.37. The number of phosphoric acid groups is 1. The molecule has 3 N–H and O–H groups in total. The second-order valence-electron chi connectivity index (χ2n) is 22.1. The van der Waals surface area contributed by atoms with Crippen molar-refractivity contribution < 1.29 is 32.9 Å². The summed E-state index contributed by atoms with van der Waals surface area (Å²) in [6.45, 7) is 4.79. The summed E-state index contributed by atoms with van der Waals surface area (Å²) in [6, 6.07) is -0.879. The first-order valence-corrected chi connectivity index (χ1v) is 32.3. The molecular weight excluding hydrogens is 924 g/mol. The van der Waals surface area contributed by atoms with Gasteiger partial charge in [0.05, 0.1) is 39.9 Å². The predicted octanol–water partition coefficient (Wildman–Crippen LogP) is 19.0. The SMILES string of the molecule is CCCCCCC/C=C\C/C=C\C/C=C\CCCCCCCCCCC(=O)NC(COP(=O)(O)OCC[N+](C)(C)C)C(O)/C=C/CC/C=C/CC/C=C/CCCCCCCCCCCCCCCCCCCC. The fraction of sp³-hybridized carbons (Fsp3) is 0.797. The highest BCUT2D eigenvalue weighted by Gasteiger charge is 2.27. The average molecular weight is 1040 g/mol. The van der Waals surface area contributed by atoms with E-state index in [2.05, 4.69) is 79.9 Å². The molecule has 0 aliphatic rings. The number of hydrogen-bond donors (Lipinski definition) is 3. The van der Waals surface area contributed by atoms with Crippen LogP contribution in [0.5, 0.6) is 0 Å². The van der Waals surface area contributed by atoms with Crippen LogP contribution in [0.25, 0.3) is 0 Å². The van der Waals surface area contributed by atoms with Crippen LogP contribution in [0, 0.1) is 0 Å². The average Bonchev–Trinajstić information content (AvgIpc) is 3.35. The smallest absolute Gasteiger partial charge is 0.387 e. The Labute approximate surface area is 453 Å². The van der Waals surface area contributed by atoms with E-state index in [1.807, 2.05) is 27.2 Å². The van der Waals surface area contributed by atoms with E-state index in [1.165, 1.54) is 193 Å². The molecular formula is C64H120N2O6P+. The molecule has 0 spiro atoms. The van der Waals surface area contributed by atoms with Crippen LogP contribution in [-0.2, 0) is 18.4 Å². The number of rotatable bonds is 56. The molecule has 0 saturated carbocycles. The number of carbonyl (C=O) groups is 1. The first-order valence-electron chi connectivity index (χ1n) is 30.8. The lowest BCUT2D eigenvalue weighted by molar-refractivity contribution is -0.870. The highest BCUT2D eigenvalue weighted by Crippen LogP contribution is 2.43. The maximum absolute atomic E-state index is 13.0. The number of nitrogens with one attached hydrogen (secondary N) is 1. The lowest BCUT2D eigenvalue weighted by atomic mass is 10.0. The third kappa shape index (κ3) is 57.5. The summed E-state index contributed by atoms with van der Waals surface area (Å²) in [5, 5.41) is 13.9. The van der Waals surface area contributed by atoms with Gasteiger partial charge in [-0.3, -0.25) is 13.8 Å². The van der Waals surface area contributed by atoms with Crippen molar-refractivity contribution in [3.8, 4) is 0 Å². The van der Waals surface area contributed by atoms with E-state index >= 15 is 0 Å². The largest absolute Gasteiger partial charge is 0.472 e. The van der Waals surface area contributed by atoms with Gasteiger partial charge >= 0.3 is 7.82 Å². The van der Waals surface area contributed by atoms with Gasteiger partial charge in [0.15, 0.2) is 0 Å². The van der Waals surface area contributed by atoms with Gasteiger partial charge in [0.1, 0.15) is 13.2 Å². The van der Waals surface area contributed by atoms with Gasteiger partial charge < -0.3 is 19.8 Å². The van der Waals surface area contributed by atoms with Crippen molar-refractivity contribution in [2.45, 2.75) is 289 Å². The molecule has 0 saturated heterocycles. The van der Waals surface area contributed by atoms with Crippen LogP contribution in [0.4, 0.5) is 0 Å². The van der Waals surface area contributed by atoms with Crippen LogP contribution in [0.2, 0.25) is 0 Å². The number of likely N-dealkylation sites (N-methyl/N-ethyl adjacent to an activating group) is 1. The lowest BCUT2D eigenvalue weighted by Crippen LogP contribution is -2.45. The van der Waals surface area contributed by atoms with Crippen LogP contribution < -0.4 is 5.32 Å². The van der Waals surface area contributed by atoms with Crippen molar-refractivity contribution in [2.75, 3.05) is 40.9 Å². The molecule has 0 aromatic heterocycles. The van der Waals surface area contributed by atoms with Crippen molar-refractivity contribution in [1.29, 1.82) is 0 Å². The number of quaternary nitrogens is 1. The number of aliphatic hydroxyl groups is 1. The molecule has 0 heterocycles. The first kappa shape index (κ1) is 70.9. The van der Waals surface area contributed by atoms with Crippen molar-refractivity contribution in [3.63, 3.8) is 0 Å². The molecule has 0 rings (SSSR count). The van der Waals surface area contributed by atoms with Crippen LogP contribution in [0.3, 0.4) is 0 Å². The first-order chi connectivity index (χ1) is 35.5. The van der Waals surface area contributed by atoms with Gasteiger partial charge in [0.25, 0.3) is 0 Å². The van der Waals surface area contributed by atoms with Gasteiger partial charge in [-0.1, -0.05) is 260 Å². The van der Waals surface area contributed by atoms with Gasteiger partial charge in [0, 0.05) is 6.42 Å². The predicted molar refractivity (Wildman–Crippen MR) is 318 cm³/mol. The number of nitrogens with zero attached hydrogens (tertiary/aromatic N) is 1. The summed E-state index contributed by atoms with van der Waals surface area (Å²) < 4.78 is 23.7. The molecule has 3 atom stereocenters. The van der Waals surface area contributed by atoms with Crippen molar-refractivity contribution >= 4 is 13.7 Å². The summed E-state index contributed by atoms with van der Waals surface area (Å²) in [4.78, 5) is 23.3. The molecule has 1 amide bonds.